The first-order chi connectivity index (χ1) is 15.2. The molecule has 8 nitrogen and oxygen atoms in total. The highest BCUT2D eigenvalue weighted by Gasteiger charge is 2.18. The van der Waals surface area contributed by atoms with Gasteiger partial charge >= 0.3 is 5.69 Å². The summed E-state index contributed by atoms with van der Waals surface area (Å²) in [6.45, 7) is -3.25. The minimum atomic E-state index is -2.75. The summed E-state index contributed by atoms with van der Waals surface area (Å²) < 4.78 is 31.9. The first-order valence-electron chi connectivity index (χ1n) is 10.4. The second kappa shape index (κ2) is 8.63. The van der Waals surface area contributed by atoms with Crippen LogP contribution in [0.1, 0.15) is 21.9 Å². The monoisotopic (exact) mass is 400 g/mol. The van der Waals surface area contributed by atoms with E-state index < -0.39 is 18.2 Å². The third-order valence-corrected chi connectivity index (χ3v) is 4.36. The highest BCUT2D eigenvalue weighted by molar-refractivity contribution is 5.76. The van der Waals surface area contributed by atoms with E-state index in [0.717, 1.165) is 19.3 Å². The summed E-state index contributed by atoms with van der Waals surface area (Å²) in [5.74, 6) is 2.83. The molecule has 0 saturated heterocycles. The van der Waals surface area contributed by atoms with Crippen molar-refractivity contribution in [1.82, 2.24) is 18.7 Å². The molecule has 1 aromatic carbocycles. The van der Waals surface area contributed by atoms with Crippen LogP contribution in [0.25, 0.3) is 23.3 Å². The second-order valence-electron chi connectivity index (χ2n) is 6.19. The summed E-state index contributed by atoms with van der Waals surface area (Å²) in [7, 11) is 1.53. The van der Waals surface area contributed by atoms with Crippen molar-refractivity contribution in [2.24, 2.45) is 6.98 Å². The Hall–Kier alpha value is -3.57. The van der Waals surface area contributed by atoms with Crippen molar-refractivity contribution in [2.45, 2.75) is 19.5 Å². The first kappa shape index (κ1) is 16.4. The maximum Gasteiger partial charge on any atom is 0.333 e. The summed E-state index contributed by atoms with van der Waals surface area (Å²) in [6, 6.07) is 7.08. The van der Waals surface area contributed by atoms with Crippen LogP contribution >= 0.6 is 0 Å². The number of nitrogens with zero attached hydrogens (tertiary/aromatic N) is 4. The molecule has 2 heterocycles. The standard InChI is InChI=1S/C21H22N4O4/c1-4-11-25-20(27)18-19(24(21(25)28)12-6-13-26)22-17(23(18)2)10-9-15-7-5-8-16(14-15)29-3/h1,5,7-10,14,26H,6,11-13H2,2-3H3/b10-9+/i2T3. The lowest BCUT2D eigenvalue weighted by Crippen LogP contribution is -2.40. The number of benzene rings is 1. The van der Waals surface area contributed by atoms with E-state index in [1.54, 1.807) is 30.3 Å². The largest absolute Gasteiger partial charge is 0.497 e. The molecule has 0 aliphatic carbocycles. The highest BCUT2D eigenvalue weighted by atomic mass is 16.5. The number of fused-ring (bicyclic) bond motifs is 1. The quantitative estimate of drug-likeness (QED) is 0.600. The molecule has 0 spiro atoms. The van der Waals surface area contributed by atoms with Gasteiger partial charge in [-0.1, -0.05) is 24.1 Å². The molecule has 0 radical (unpaired) electrons. The number of aliphatic hydroxyl groups excluding tert-OH is 1. The van der Waals surface area contributed by atoms with Gasteiger partial charge in [-0.3, -0.25) is 9.36 Å². The number of aliphatic hydroxyl groups is 1. The molecule has 8 heteroatoms. The van der Waals surface area contributed by atoms with E-state index in [-0.39, 0.29) is 43.1 Å². The van der Waals surface area contributed by atoms with E-state index in [2.05, 4.69) is 10.9 Å². The highest BCUT2D eigenvalue weighted by Crippen LogP contribution is 2.17. The Morgan fingerprint density at radius 2 is 2.17 bits per heavy atom. The number of hydrogen-bond acceptors (Lipinski definition) is 5. The summed E-state index contributed by atoms with van der Waals surface area (Å²) >= 11 is 0. The van der Waals surface area contributed by atoms with Crippen LogP contribution in [0.15, 0.2) is 33.9 Å². The Kier molecular flexibility index (Phi) is 4.88. The lowest BCUT2D eigenvalue weighted by molar-refractivity contribution is 0.279. The van der Waals surface area contributed by atoms with Gasteiger partial charge in [0.15, 0.2) is 11.2 Å². The van der Waals surface area contributed by atoms with Crippen LogP contribution < -0.4 is 16.0 Å². The van der Waals surface area contributed by atoms with E-state index >= 15 is 0 Å². The zero-order valence-electron chi connectivity index (χ0n) is 18.8. The Morgan fingerprint density at radius 3 is 2.86 bits per heavy atom. The second-order valence-corrected chi connectivity index (χ2v) is 6.19. The molecule has 1 N–H and O–H groups in total. The Labute approximate surface area is 171 Å². The van der Waals surface area contributed by atoms with Crippen molar-refractivity contribution in [1.29, 1.82) is 0 Å². The van der Waals surface area contributed by atoms with Crippen LogP contribution in [0.2, 0.25) is 0 Å². The average molecular weight is 400 g/mol. The van der Waals surface area contributed by atoms with Crippen LogP contribution in [0.3, 0.4) is 0 Å². The predicted molar refractivity (Wildman–Crippen MR) is 112 cm³/mol. The lowest BCUT2D eigenvalue weighted by Gasteiger charge is -2.09. The molecule has 0 aliphatic rings. The van der Waals surface area contributed by atoms with Crippen molar-refractivity contribution in [3.63, 3.8) is 0 Å². The topological polar surface area (TPSA) is 91.3 Å². The number of methoxy groups -OCH3 is 1. The molecule has 0 bridgehead atoms. The summed E-state index contributed by atoms with van der Waals surface area (Å²) in [4.78, 5) is 30.2. The number of rotatable bonds is 7. The Balaban J connectivity index is 2.33. The summed E-state index contributed by atoms with van der Waals surface area (Å²) in [6.07, 6.45) is 8.59. The average Bonchev–Trinajstić information content (AvgIpc) is 3.15. The SMILES string of the molecule is [3H]C([3H])([3H])n1c(/C=C/c2cccc(OC)c2)nc2c1c(=O)n(CC#C)c(=O)n2CCCO. The van der Waals surface area contributed by atoms with Gasteiger partial charge in [0.2, 0.25) is 0 Å². The van der Waals surface area contributed by atoms with Gasteiger partial charge in [-0.2, -0.15) is 0 Å². The van der Waals surface area contributed by atoms with Gasteiger partial charge in [0.25, 0.3) is 5.56 Å². The van der Waals surface area contributed by atoms with Crippen molar-refractivity contribution in [2.75, 3.05) is 13.7 Å². The van der Waals surface area contributed by atoms with Crippen molar-refractivity contribution in [3.8, 4) is 18.1 Å². The van der Waals surface area contributed by atoms with Crippen molar-refractivity contribution < 1.29 is 14.0 Å². The number of aromatic nitrogens is 4. The molecule has 0 fully saturated rings. The molecule has 0 unspecified atom stereocenters. The number of imidazole rings is 1. The van der Waals surface area contributed by atoms with E-state index in [1.165, 1.54) is 13.2 Å². The molecule has 3 rings (SSSR count). The van der Waals surface area contributed by atoms with Crippen LogP contribution in [0.4, 0.5) is 0 Å². The molecule has 0 amide bonds. The van der Waals surface area contributed by atoms with Gasteiger partial charge in [-0.05, 0) is 30.2 Å². The van der Waals surface area contributed by atoms with Crippen molar-refractivity contribution in [3.05, 3.63) is 56.5 Å². The zero-order chi connectivity index (χ0) is 23.5. The van der Waals surface area contributed by atoms with Crippen LogP contribution in [-0.4, -0.2) is 37.5 Å². The van der Waals surface area contributed by atoms with Crippen LogP contribution in [-0.2, 0) is 20.1 Å². The number of hydrogen-bond donors (Lipinski definition) is 1. The van der Waals surface area contributed by atoms with Crippen molar-refractivity contribution >= 4 is 23.3 Å². The Bertz CT molecular complexity index is 1330. The molecule has 3 aromatic rings. The zero-order valence-corrected chi connectivity index (χ0v) is 15.8. The molecular weight excluding hydrogens is 372 g/mol. The first-order valence-corrected chi connectivity index (χ1v) is 8.86. The lowest BCUT2D eigenvalue weighted by atomic mass is 10.2. The van der Waals surface area contributed by atoms with E-state index in [0.29, 0.717) is 5.75 Å². The third kappa shape index (κ3) is 3.86. The summed E-state index contributed by atoms with van der Waals surface area (Å²) in [5.41, 5.74) is -1.18. The summed E-state index contributed by atoms with van der Waals surface area (Å²) in [5, 5.41) is 9.21. The fourth-order valence-electron chi connectivity index (χ4n) is 2.95. The van der Waals surface area contributed by atoms with Gasteiger partial charge in [0.1, 0.15) is 11.6 Å². The number of terminal acetylenes is 1. The molecule has 0 saturated carbocycles. The minimum absolute atomic E-state index is 0.0319. The maximum atomic E-state index is 13.1. The van der Waals surface area contributed by atoms with E-state index in [1.807, 2.05) is 0 Å². The fourth-order valence-corrected chi connectivity index (χ4v) is 2.95. The normalized spacial score (nSPS) is 13.2. The smallest absolute Gasteiger partial charge is 0.333 e. The molecule has 0 atom stereocenters. The molecule has 0 aliphatic heterocycles. The molecule has 29 heavy (non-hydrogen) atoms. The molecule has 2 aromatic heterocycles. The van der Waals surface area contributed by atoms with Gasteiger partial charge in [-0.25, -0.2) is 14.3 Å². The van der Waals surface area contributed by atoms with E-state index in [9.17, 15) is 14.7 Å². The Morgan fingerprint density at radius 1 is 1.34 bits per heavy atom. The van der Waals surface area contributed by atoms with Gasteiger partial charge in [-0.15, -0.1) is 6.42 Å². The van der Waals surface area contributed by atoms with Crippen LogP contribution in [0, 0.1) is 12.3 Å². The van der Waals surface area contributed by atoms with Crippen LogP contribution in [0.5, 0.6) is 5.75 Å². The number of ether oxygens (including phenoxy) is 1. The minimum Gasteiger partial charge on any atom is -0.497 e. The molecular formula is C21H22N4O4. The van der Waals surface area contributed by atoms with Gasteiger partial charge in [0, 0.05) is 24.2 Å². The van der Waals surface area contributed by atoms with E-state index in [4.69, 9.17) is 15.3 Å². The fraction of sp³-hybridized carbons (Fsp3) is 0.286. The predicted octanol–water partition coefficient (Wildman–Crippen LogP) is 1.09. The third-order valence-electron chi connectivity index (χ3n) is 4.36. The number of aryl methyl sites for hydroxylation is 2. The van der Waals surface area contributed by atoms with Gasteiger partial charge in [0.05, 0.1) is 13.7 Å². The molecule has 150 valence electrons. The van der Waals surface area contributed by atoms with Gasteiger partial charge < -0.3 is 14.4 Å². The maximum absolute atomic E-state index is 13.1.